The maximum absolute atomic E-state index is 13.1. The topological polar surface area (TPSA) is 39.3 Å². The van der Waals surface area contributed by atoms with Gasteiger partial charge in [-0.15, -0.1) is 11.3 Å². The van der Waals surface area contributed by atoms with Crippen molar-refractivity contribution in [3.63, 3.8) is 0 Å². The predicted octanol–water partition coefficient (Wildman–Crippen LogP) is 6.89. The third-order valence-corrected chi connectivity index (χ3v) is 6.91. The highest BCUT2D eigenvalue weighted by Gasteiger charge is 2.16. The van der Waals surface area contributed by atoms with Gasteiger partial charge in [-0.1, -0.05) is 61.7 Å². The van der Waals surface area contributed by atoms with Crippen molar-refractivity contribution in [2.24, 2.45) is 0 Å². The number of unbranched alkanes of at least 4 members (excludes halogenated alkanes) is 2. The number of nitrogens with zero attached hydrogens (tertiary/aromatic N) is 3. The molecule has 0 bridgehead atoms. The van der Waals surface area contributed by atoms with E-state index in [4.69, 9.17) is 16.6 Å². The van der Waals surface area contributed by atoms with Crippen LogP contribution in [0.1, 0.15) is 26.2 Å². The summed E-state index contributed by atoms with van der Waals surface area (Å²) in [6.07, 6.45) is 5.13. The zero-order valence-electron chi connectivity index (χ0n) is 17.2. The molecule has 31 heavy (non-hydrogen) atoms. The Morgan fingerprint density at radius 2 is 1.84 bits per heavy atom. The molecule has 0 N–H and O–H groups in total. The number of rotatable bonds is 6. The van der Waals surface area contributed by atoms with Crippen LogP contribution in [0, 0.1) is 0 Å². The first-order valence-corrected chi connectivity index (χ1v) is 11.7. The van der Waals surface area contributed by atoms with Crippen molar-refractivity contribution in [1.29, 1.82) is 0 Å². The average Bonchev–Trinajstić information content (AvgIpc) is 3.41. The van der Waals surface area contributed by atoms with Crippen molar-refractivity contribution in [2.45, 2.75) is 32.7 Å². The number of benzene rings is 2. The van der Waals surface area contributed by atoms with E-state index in [9.17, 15) is 4.79 Å². The van der Waals surface area contributed by atoms with Gasteiger partial charge in [0.2, 0.25) is 5.78 Å². The standard InChI is InChI=1S/C25H22ClN3OS/c1-2-3-6-13-28-21(23-14-18-7-4-5-8-22(18)31-23)15-24(30)29-16-20(27-25(28)29)17-9-11-19(26)12-10-17/h4-5,7-12,14-16H,2-3,6,13H2,1H3. The quantitative estimate of drug-likeness (QED) is 0.266. The van der Waals surface area contributed by atoms with Gasteiger partial charge in [-0.25, -0.2) is 4.98 Å². The van der Waals surface area contributed by atoms with Crippen LogP contribution in [0.5, 0.6) is 0 Å². The second-order valence-corrected chi connectivity index (χ2v) is 9.20. The third kappa shape index (κ3) is 3.80. The Hall–Kier alpha value is -2.89. The summed E-state index contributed by atoms with van der Waals surface area (Å²) in [5.74, 6) is 0.681. The monoisotopic (exact) mass is 447 g/mol. The molecule has 0 unspecified atom stereocenters. The van der Waals surface area contributed by atoms with Crippen molar-refractivity contribution in [2.75, 3.05) is 0 Å². The van der Waals surface area contributed by atoms with Crippen molar-refractivity contribution >= 4 is 38.8 Å². The summed E-state index contributed by atoms with van der Waals surface area (Å²) in [5, 5.41) is 1.87. The van der Waals surface area contributed by atoms with Crippen molar-refractivity contribution in [3.05, 3.63) is 82.2 Å². The largest absolute Gasteiger partial charge is 0.310 e. The average molecular weight is 448 g/mol. The SMILES string of the molecule is CCCCCn1c(-c2cc3ccccc3s2)cc(=O)n2cc(-c3ccc(Cl)cc3)nc12. The molecule has 0 fully saturated rings. The summed E-state index contributed by atoms with van der Waals surface area (Å²) in [6.45, 7) is 3.01. The molecule has 6 heteroatoms. The third-order valence-electron chi connectivity index (χ3n) is 5.52. The number of aromatic nitrogens is 3. The van der Waals surface area contributed by atoms with Crippen LogP contribution < -0.4 is 5.56 Å². The molecule has 0 aliphatic carbocycles. The van der Waals surface area contributed by atoms with Gasteiger partial charge in [0.05, 0.1) is 16.3 Å². The van der Waals surface area contributed by atoms with E-state index in [1.807, 2.05) is 42.6 Å². The molecule has 5 aromatic rings. The summed E-state index contributed by atoms with van der Waals surface area (Å²) >= 11 is 7.76. The molecule has 5 rings (SSSR count). The molecule has 4 nitrogen and oxygen atoms in total. The van der Waals surface area contributed by atoms with E-state index < -0.39 is 0 Å². The molecule has 3 heterocycles. The Bertz CT molecular complexity index is 1400. The van der Waals surface area contributed by atoms with Gasteiger partial charge >= 0.3 is 0 Å². The fourth-order valence-corrected chi connectivity index (χ4v) is 5.12. The van der Waals surface area contributed by atoms with E-state index in [1.165, 1.54) is 10.1 Å². The summed E-state index contributed by atoms with van der Waals surface area (Å²) in [6, 6.07) is 19.8. The molecule has 0 atom stereocenters. The fourth-order valence-electron chi connectivity index (χ4n) is 3.91. The smallest absolute Gasteiger partial charge is 0.259 e. The second kappa shape index (κ2) is 8.33. The second-order valence-electron chi connectivity index (χ2n) is 7.68. The molecular formula is C25H22ClN3OS. The highest BCUT2D eigenvalue weighted by Crippen LogP contribution is 2.34. The molecule has 0 spiro atoms. The van der Waals surface area contributed by atoms with Gasteiger partial charge in [-0.3, -0.25) is 9.20 Å². The lowest BCUT2D eigenvalue weighted by molar-refractivity contribution is 0.606. The Labute approximate surface area is 189 Å². The Balaban J connectivity index is 1.71. The van der Waals surface area contributed by atoms with Gasteiger partial charge in [0.1, 0.15) is 0 Å². The lowest BCUT2D eigenvalue weighted by Crippen LogP contribution is -2.18. The maximum Gasteiger partial charge on any atom is 0.259 e. The lowest BCUT2D eigenvalue weighted by atomic mass is 10.2. The van der Waals surface area contributed by atoms with Crippen LogP contribution in [-0.4, -0.2) is 14.0 Å². The first-order chi connectivity index (χ1) is 15.1. The number of thiophene rings is 1. The Morgan fingerprint density at radius 1 is 1.03 bits per heavy atom. The van der Waals surface area contributed by atoms with Gasteiger partial charge in [0.25, 0.3) is 5.56 Å². The maximum atomic E-state index is 13.1. The molecule has 0 saturated heterocycles. The van der Waals surface area contributed by atoms with Crippen LogP contribution >= 0.6 is 22.9 Å². The van der Waals surface area contributed by atoms with Gasteiger partial charge < -0.3 is 4.57 Å². The van der Waals surface area contributed by atoms with E-state index >= 15 is 0 Å². The van der Waals surface area contributed by atoms with Crippen LogP contribution in [0.25, 0.3) is 37.7 Å². The molecule has 0 saturated carbocycles. The minimum absolute atomic E-state index is 0.0677. The summed E-state index contributed by atoms with van der Waals surface area (Å²) in [5.41, 5.74) is 2.58. The van der Waals surface area contributed by atoms with Crippen molar-refractivity contribution in [1.82, 2.24) is 14.0 Å². The summed E-state index contributed by atoms with van der Waals surface area (Å²) in [7, 11) is 0. The van der Waals surface area contributed by atoms with Crippen LogP contribution in [-0.2, 0) is 6.54 Å². The van der Waals surface area contributed by atoms with Crippen LogP contribution in [0.3, 0.4) is 0 Å². The first kappa shape index (κ1) is 20.0. The fraction of sp³-hybridized carbons (Fsp3) is 0.200. The number of hydrogen-bond acceptors (Lipinski definition) is 3. The Kier molecular flexibility index (Phi) is 5.38. The zero-order valence-corrected chi connectivity index (χ0v) is 18.8. The molecule has 0 radical (unpaired) electrons. The van der Waals surface area contributed by atoms with Crippen molar-refractivity contribution < 1.29 is 0 Å². The first-order valence-electron chi connectivity index (χ1n) is 10.5. The highest BCUT2D eigenvalue weighted by atomic mass is 35.5. The molecule has 2 aromatic carbocycles. The lowest BCUT2D eigenvalue weighted by Gasteiger charge is -2.13. The van der Waals surface area contributed by atoms with E-state index in [1.54, 1.807) is 21.8 Å². The number of aryl methyl sites for hydroxylation is 1. The van der Waals surface area contributed by atoms with E-state index in [0.717, 1.165) is 47.6 Å². The zero-order chi connectivity index (χ0) is 21.4. The van der Waals surface area contributed by atoms with E-state index in [0.29, 0.717) is 10.8 Å². The molecule has 0 aliphatic rings. The van der Waals surface area contributed by atoms with Gasteiger partial charge in [0, 0.05) is 34.1 Å². The van der Waals surface area contributed by atoms with Gasteiger partial charge in [0.15, 0.2) is 0 Å². The normalized spacial score (nSPS) is 11.5. The van der Waals surface area contributed by atoms with Crippen molar-refractivity contribution in [3.8, 4) is 21.8 Å². The van der Waals surface area contributed by atoms with Crippen LogP contribution in [0.4, 0.5) is 0 Å². The molecule has 156 valence electrons. The molecular weight excluding hydrogens is 426 g/mol. The number of fused-ring (bicyclic) bond motifs is 2. The minimum Gasteiger partial charge on any atom is -0.310 e. The highest BCUT2D eigenvalue weighted by molar-refractivity contribution is 7.22. The number of imidazole rings is 1. The molecule has 3 aromatic heterocycles. The molecule has 0 amide bonds. The van der Waals surface area contributed by atoms with Crippen LogP contribution in [0.15, 0.2) is 71.7 Å². The van der Waals surface area contributed by atoms with E-state index in [-0.39, 0.29) is 5.56 Å². The van der Waals surface area contributed by atoms with Gasteiger partial charge in [-0.2, -0.15) is 0 Å². The van der Waals surface area contributed by atoms with Crippen LogP contribution in [0.2, 0.25) is 5.02 Å². The molecule has 0 aliphatic heterocycles. The minimum atomic E-state index is -0.0677. The Morgan fingerprint density at radius 3 is 2.61 bits per heavy atom. The predicted molar refractivity (Wildman–Crippen MR) is 130 cm³/mol. The summed E-state index contributed by atoms with van der Waals surface area (Å²) < 4.78 is 5.07. The van der Waals surface area contributed by atoms with Gasteiger partial charge in [-0.05, 0) is 36.1 Å². The number of halogens is 1. The van der Waals surface area contributed by atoms with E-state index in [2.05, 4.69) is 29.7 Å². The summed E-state index contributed by atoms with van der Waals surface area (Å²) in [4.78, 5) is 19.0. The number of hydrogen-bond donors (Lipinski definition) is 0.